The SMILES string of the molecule is Cc1cc(C)c(C2(O)CCOC(C)C2)c(F)c1. The molecule has 1 aromatic carbocycles. The fourth-order valence-electron chi connectivity index (χ4n) is 2.80. The Kier molecular flexibility index (Phi) is 3.23. The van der Waals surface area contributed by atoms with Crippen molar-refractivity contribution in [2.75, 3.05) is 6.61 Å². The summed E-state index contributed by atoms with van der Waals surface area (Å²) in [7, 11) is 0. The minimum Gasteiger partial charge on any atom is -0.385 e. The summed E-state index contributed by atoms with van der Waals surface area (Å²) in [6.45, 7) is 6.09. The zero-order chi connectivity index (χ0) is 12.6. The molecule has 1 fully saturated rings. The van der Waals surface area contributed by atoms with Crippen molar-refractivity contribution in [2.24, 2.45) is 0 Å². The van der Waals surface area contributed by atoms with E-state index in [1.54, 1.807) is 0 Å². The van der Waals surface area contributed by atoms with Crippen LogP contribution >= 0.6 is 0 Å². The highest BCUT2D eigenvalue weighted by atomic mass is 19.1. The summed E-state index contributed by atoms with van der Waals surface area (Å²) in [5, 5.41) is 10.6. The number of halogens is 1. The molecule has 0 bridgehead atoms. The molecule has 2 unspecified atom stereocenters. The lowest BCUT2D eigenvalue weighted by molar-refractivity contribution is -0.103. The molecule has 0 spiro atoms. The minimum absolute atomic E-state index is 0.0335. The van der Waals surface area contributed by atoms with E-state index in [0.717, 1.165) is 11.1 Å². The topological polar surface area (TPSA) is 29.5 Å². The predicted octanol–water partition coefficient (Wildman–Crippen LogP) is 2.83. The first-order chi connectivity index (χ1) is 7.92. The van der Waals surface area contributed by atoms with Gasteiger partial charge >= 0.3 is 0 Å². The fourth-order valence-corrected chi connectivity index (χ4v) is 2.80. The van der Waals surface area contributed by atoms with Gasteiger partial charge in [0.1, 0.15) is 5.82 Å². The summed E-state index contributed by atoms with van der Waals surface area (Å²) >= 11 is 0. The van der Waals surface area contributed by atoms with Crippen molar-refractivity contribution in [2.45, 2.75) is 45.3 Å². The van der Waals surface area contributed by atoms with E-state index in [1.165, 1.54) is 6.07 Å². The number of aliphatic hydroxyl groups is 1. The van der Waals surface area contributed by atoms with Crippen molar-refractivity contribution in [1.29, 1.82) is 0 Å². The molecule has 17 heavy (non-hydrogen) atoms. The van der Waals surface area contributed by atoms with Gasteiger partial charge in [0.15, 0.2) is 0 Å². The van der Waals surface area contributed by atoms with Gasteiger partial charge in [-0.25, -0.2) is 4.39 Å². The summed E-state index contributed by atoms with van der Waals surface area (Å²) in [4.78, 5) is 0. The third-order valence-electron chi connectivity index (χ3n) is 3.44. The van der Waals surface area contributed by atoms with Crippen LogP contribution in [-0.4, -0.2) is 17.8 Å². The smallest absolute Gasteiger partial charge is 0.129 e. The summed E-state index contributed by atoms with van der Waals surface area (Å²) in [5.41, 5.74) is 1.06. The largest absolute Gasteiger partial charge is 0.385 e. The second-order valence-corrected chi connectivity index (χ2v) is 5.11. The van der Waals surface area contributed by atoms with Crippen LogP contribution in [0, 0.1) is 19.7 Å². The summed E-state index contributed by atoms with van der Waals surface area (Å²) in [6.07, 6.45) is 0.875. The molecule has 0 radical (unpaired) electrons. The quantitative estimate of drug-likeness (QED) is 0.815. The van der Waals surface area contributed by atoms with Gasteiger partial charge in [-0.05, 0) is 38.0 Å². The van der Waals surface area contributed by atoms with Gasteiger partial charge < -0.3 is 9.84 Å². The van der Waals surface area contributed by atoms with E-state index in [1.807, 2.05) is 26.8 Å². The van der Waals surface area contributed by atoms with Crippen LogP contribution in [0.5, 0.6) is 0 Å². The number of aryl methyl sites for hydroxylation is 2. The van der Waals surface area contributed by atoms with Crippen LogP contribution in [0.2, 0.25) is 0 Å². The van der Waals surface area contributed by atoms with Gasteiger partial charge in [0.2, 0.25) is 0 Å². The van der Waals surface area contributed by atoms with E-state index in [4.69, 9.17) is 4.74 Å². The molecule has 2 atom stereocenters. The molecule has 2 nitrogen and oxygen atoms in total. The van der Waals surface area contributed by atoms with Gasteiger partial charge in [-0.1, -0.05) is 6.07 Å². The van der Waals surface area contributed by atoms with Crippen molar-refractivity contribution in [3.63, 3.8) is 0 Å². The van der Waals surface area contributed by atoms with Gasteiger partial charge in [0.25, 0.3) is 0 Å². The number of benzene rings is 1. The standard InChI is InChI=1S/C14H19FO2/c1-9-6-10(2)13(12(15)7-9)14(16)4-5-17-11(3)8-14/h6-7,11,16H,4-5,8H2,1-3H3. The molecule has 0 amide bonds. The van der Waals surface area contributed by atoms with Crippen LogP contribution < -0.4 is 0 Å². The van der Waals surface area contributed by atoms with Crippen LogP contribution in [0.15, 0.2) is 12.1 Å². The van der Waals surface area contributed by atoms with E-state index >= 15 is 0 Å². The Labute approximate surface area is 101 Å². The lowest BCUT2D eigenvalue weighted by Crippen LogP contribution is -2.38. The summed E-state index contributed by atoms with van der Waals surface area (Å²) < 4.78 is 19.5. The predicted molar refractivity (Wildman–Crippen MR) is 64.4 cm³/mol. The molecular formula is C14H19FO2. The average molecular weight is 238 g/mol. The maximum absolute atomic E-state index is 14.1. The maximum Gasteiger partial charge on any atom is 0.129 e. The highest BCUT2D eigenvalue weighted by Gasteiger charge is 2.38. The molecule has 1 aliphatic rings. The fraction of sp³-hybridized carbons (Fsp3) is 0.571. The highest BCUT2D eigenvalue weighted by Crippen LogP contribution is 2.38. The Morgan fingerprint density at radius 2 is 2.12 bits per heavy atom. The Balaban J connectivity index is 2.45. The Hall–Kier alpha value is -0.930. The van der Waals surface area contributed by atoms with E-state index < -0.39 is 5.60 Å². The molecule has 0 aliphatic carbocycles. The van der Waals surface area contributed by atoms with Crippen LogP contribution in [0.3, 0.4) is 0 Å². The first-order valence-corrected chi connectivity index (χ1v) is 6.03. The third-order valence-corrected chi connectivity index (χ3v) is 3.44. The first-order valence-electron chi connectivity index (χ1n) is 6.03. The molecule has 1 heterocycles. The van der Waals surface area contributed by atoms with Crippen molar-refractivity contribution in [3.05, 3.63) is 34.6 Å². The molecule has 2 rings (SSSR count). The molecule has 0 saturated carbocycles. The van der Waals surface area contributed by atoms with Gasteiger partial charge in [-0.3, -0.25) is 0 Å². The Morgan fingerprint density at radius 3 is 2.71 bits per heavy atom. The average Bonchev–Trinajstić information content (AvgIpc) is 2.14. The second kappa shape index (κ2) is 4.39. The first kappa shape index (κ1) is 12.5. The zero-order valence-corrected chi connectivity index (χ0v) is 10.6. The monoisotopic (exact) mass is 238 g/mol. The van der Waals surface area contributed by atoms with E-state index in [2.05, 4.69) is 0 Å². The number of hydrogen-bond donors (Lipinski definition) is 1. The van der Waals surface area contributed by atoms with Crippen LogP contribution in [0.4, 0.5) is 4.39 Å². The molecule has 1 aromatic rings. The number of rotatable bonds is 1. The van der Waals surface area contributed by atoms with Gasteiger partial charge in [-0.15, -0.1) is 0 Å². The Bertz CT molecular complexity index is 407. The molecule has 0 aromatic heterocycles. The number of ether oxygens (including phenoxy) is 1. The van der Waals surface area contributed by atoms with Crippen molar-refractivity contribution < 1.29 is 14.2 Å². The molecule has 1 aliphatic heterocycles. The van der Waals surface area contributed by atoms with E-state index in [0.29, 0.717) is 25.0 Å². The van der Waals surface area contributed by atoms with Crippen LogP contribution in [-0.2, 0) is 10.3 Å². The van der Waals surface area contributed by atoms with Gasteiger partial charge in [-0.2, -0.15) is 0 Å². The molecular weight excluding hydrogens is 219 g/mol. The van der Waals surface area contributed by atoms with Crippen molar-refractivity contribution in [3.8, 4) is 0 Å². The van der Waals surface area contributed by atoms with Gasteiger partial charge in [0, 0.05) is 18.4 Å². The third kappa shape index (κ3) is 2.35. The van der Waals surface area contributed by atoms with Crippen LogP contribution in [0.25, 0.3) is 0 Å². The van der Waals surface area contributed by atoms with Crippen molar-refractivity contribution in [1.82, 2.24) is 0 Å². The van der Waals surface area contributed by atoms with Crippen LogP contribution in [0.1, 0.15) is 36.5 Å². The minimum atomic E-state index is -1.08. The normalized spacial score (nSPS) is 29.4. The Morgan fingerprint density at radius 1 is 1.41 bits per heavy atom. The van der Waals surface area contributed by atoms with Gasteiger partial charge in [0.05, 0.1) is 18.3 Å². The van der Waals surface area contributed by atoms with Crippen molar-refractivity contribution >= 4 is 0 Å². The molecule has 1 saturated heterocycles. The van der Waals surface area contributed by atoms with E-state index in [9.17, 15) is 9.50 Å². The second-order valence-electron chi connectivity index (χ2n) is 5.11. The number of hydrogen-bond acceptors (Lipinski definition) is 2. The highest BCUT2D eigenvalue weighted by molar-refractivity contribution is 5.36. The summed E-state index contributed by atoms with van der Waals surface area (Å²) in [5.74, 6) is -0.306. The summed E-state index contributed by atoms with van der Waals surface area (Å²) in [6, 6.07) is 3.40. The molecule has 3 heteroatoms. The molecule has 1 N–H and O–H groups in total. The molecule has 94 valence electrons. The van der Waals surface area contributed by atoms with E-state index in [-0.39, 0.29) is 11.9 Å². The maximum atomic E-state index is 14.1. The lowest BCUT2D eigenvalue weighted by Gasteiger charge is -2.37. The zero-order valence-electron chi connectivity index (χ0n) is 10.6. The lowest BCUT2D eigenvalue weighted by atomic mass is 9.81.